The fourth-order valence-electron chi connectivity index (χ4n) is 4.97. The summed E-state index contributed by atoms with van der Waals surface area (Å²) in [5.74, 6) is 0.567. The SMILES string of the molecule is Cn1cccc1CN1CCN2C(=O)OC3(CCN(C(=O)C4CC4)CC3)C2C1. The van der Waals surface area contributed by atoms with Gasteiger partial charge in [-0.1, -0.05) is 0 Å². The lowest BCUT2D eigenvalue weighted by atomic mass is 9.83. The number of likely N-dealkylation sites (tertiary alicyclic amines) is 1. The van der Waals surface area contributed by atoms with Crippen molar-refractivity contribution in [1.82, 2.24) is 19.3 Å². The Hall–Kier alpha value is -2.02. The van der Waals surface area contributed by atoms with E-state index in [1.165, 1.54) is 5.69 Å². The maximum Gasteiger partial charge on any atom is 0.410 e. The summed E-state index contributed by atoms with van der Waals surface area (Å²) < 4.78 is 8.12. The molecule has 1 atom stereocenters. The van der Waals surface area contributed by atoms with Crippen LogP contribution in [0.2, 0.25) is 0 Å². The number of hydrogen-bond acceptors (Lipinski definition) is 4. The Kier molecular flexibility index (Phi) is 3.96. The van der Waals surface area contributed by atoms with Gasteiger partial charge in [0.25, 0.3) is 0 Å². The van der Waals surface area contributed by atoms with Crippen molar-refractivity contribution in [2.75, 3.05) is 32.7 Å². The normalized spacial score (nSPS) is 27.7. The third-order valence-corrected chi connectivity index (χ3v) is 6.88. The van der Waals surface area contributed by atoms with Crippen LogP contribution in [0.3, 0.4) is 0 Å². The molecule has 1 aromatic rings. The van der Waals surface area contributed by atoms with Gasteiger partial charge in [0, 0.05) is 77.0 Å². The van der Waals surface area contributed by atoms with Gasteiger partial charge in [-0.3, -0.25) is 14.6 Å². The fourth-order valence-corrected chi connectivity index (χ4v) is 4.97. The molecule has 1 saturated carbocycles. The number of piperazine rings is 1. The molecule has 0 N–H and O–H groups in total. The lowest BCUT2D eigenvalue weighted by Crippen LogP contribution is -2.60. The summed E-state index contributed by atoms with van der Waals surface area (Å²) in [5, 5.41) is 0. The van der Waals surface area contributed by atoms with Crippen LogP contribution in [0.5, 0.6) is 0 Å². The van der Waals surface area contributed by atoms with Gasteiger partial charge >= 0.3 is 6.09 Å². The zero-order valence-corrected chi connectivity index (χ0v) is 16.0. The molecule has 0 radical (unpaired) electrons. The highest BCUT2D eigenvalue weighted by molar-refractivity contribution is 5.81. The number of aryl methyl sites for hydroxylation is 1. The summed E-state index contributed by atoms with van der Waals surface area (Å²) in [6.45, 7) is 4.76. The Bertz CT molecular complexity index is 748. The third kappa shape index (κ3) is 2.92. The van der Waals surface area contributed by atoms with Gasteiger partial charge in [-0.2, -0.15) is 0 Å². The van der Waals surface area contributed by atoms with Gasteiger partial charge in [0.05, 0.1) is 6.04 Å². The number of rotatable bonds is 3. The molecule has 3 saturated heterocycles. The molecular weight excluding hydrogens is 344 g/mol. The molecule has 7 heteroatoms. The molecule has 2 amide bonds. The van der Waals surface area contributed by atoms with Crippen LogP contribution in [0.15, 0.2) is 18.3 Å². The third-order valence-electron chi connectivity index (χ3n) is 6.88. The molecule has 1 unspecified atom stereocenters. The standard InChI is InChI=1S/C20H28N4O3/c1-21-8-2-3-16(21)13-22-11-12-24-17(14-22)20(27-19(24)26)6-9-23(10-7-20)18(25)15-4-5-15/h2-3,8,15,17H,4-7,9-14H2,1H3. The van der Waals surface area contributed by atoms with E-state index in [9.17, 15) is 9.59 Å². The highest BCUT2D eigenvalue weighted by atomic mass is 16.6. The number of fused-ring (bicyclic) bond motifs is 2. The first kappa shape index (κ1) is 17.1. The van der Waals surface area contributed by atoms with E-state index in [2.05, 4.69) is 34.8 Å². The monoisotopic (exact) mass is 372 g/mol. The van der Waals surface area contributed by atoms with E-state index < -0.39 is 5.60 Å². The molecule has 5 rings (SSSR count). The van der Waals surface area contributed by atoms with Crippen LogP contribution < -0.4 is 0 Å². The first-order valence-electron chi connectivity index (χ1n) is 10.2. The van der Waals surface area contributed by atoms with E-state index in [0.717, 1.165) is 51.9 Å². The number of aromatic nitrogens is 1. The minimum absolute atomic E-state index is 0.0946. The summed E-state index contributed by atoms with van der Waals surface area (Å²) in [4.78, 5) is 31.2. The first-order chi connectivity index (χ1) is 13.1. The second-order valence-corrected chi connectivity index (χ2v) is 8.59. The van der Waals surface area contributed by atoms with E-state index in [1.807, 2.05) is 9.80 Å². The molecule has 4 aliphatic rings. The van der Waals surface area contributed by atoms with Crippen LogP contribution >= 0.6 is 0 Å². The van der Waals surface area contributed by atoms with E-state index >= 15 is 0 Å². The molecule has 1 aromatic heterocycles. The number of amides is 2. The van der Waals surface area contributed by atoms with Crippen molar-refractivity contribution in [3.8, 4) is 0 Å². The second-order valence-electron chi connectivity index (χ2n) is 8.59. The summed E-state index contributed by atoms with van der Waals surface area (Å²) >= 11 is 0. The van der Waals surface area contributed by atoms with Crippen molar-refractivity contribution in [2.45, 2.75) is 43.9 Å². The summed E-state index contributed by atoms with van der Waals surface area (Å²) in [5.41, 5.74) is 0.859. The topological polar surface area (TPSA) is 58.0 Å². The van der Waals surface area contributed by atoms with Crippen molar-refractivity contribution in [1.29, 1.82) is 0 Å². The molecule has 4 fully saturated rings. The quantitative estimate of drug-likeness (QED) is 0.806. The van der Waals surface area contributed by atoms with Gasteiger partial charge in [-0.15, -0.1) is 0 Å². The molecule has 0 aromatic carbocycles. The largest absolute Gasteiger partial charge is 0.440 e. The zero-order chi connectivity index (χ0) is 18.6. The van der Waals surface area contributed by atoms with E-state index in [0.29, 0.717) is 19.0 Å². The minimum atomic E-state index is -0.426. The number of ether oxygens (including phenoxy) is 1. The Balaban J connectivity index is 1.28. The highest BCUT2D eigenvalue weighted by Crippen LogP contribution is 2.41. The number of piperidine rings is 1. The Morgan fingerprint density at radius 1 is 1.22 bits per heavy atom. The van der Waals surface area contributed by atoms with Gasteiger partial charge in [0.2, 0.25) is 5.91 Å². The zero-order valence-electron chi connectivity index (χ0n) is 16.0. The molecule has 7 nitrogen and oxygen atoms in total. The first-order valence-corrected chi connectivity index (χ1v) is 10.2. The maximum atomic E-state index is 12.5. The number of carbonyl (C=O) groups excluding carboxylic acids is 2. The predicted octanol–water partition coefficient (Wildman–Crippen LogP) is 1.43. The molecule has 1 spiro atoms. The van der Waals surface area contributed by atoms with E-state index in [-0.39, 0.29) is 18.1 Å². The van der Waals surface area contributed by atoms with Crippen LogP contribution in [0, 0.1) is 5.92 Å². The van der Waals surface area contributed by atoms with Crippen molar-refractivity contribution >= 4 is 12.0 Å². The maximum absolute atomic E-state index is 12.5. The Labute approximate surface area is 159 Å². The van der Waals surface area contributed by atoms with Crippen LogP contribution in [-0.4, -0.2) is 75.6 Å². The smallest absolute Gasteiger partial charge is 0.410 e. The number of nitrogens with zero attached hydrogens (tertiary/aromatic N) is 4. The average molecular weight is 372 g/mol. The van der Waals surface area contributed by atoms with Crippen molar-refractivity contribution in [2.24, 2.45) is 13.0 Å². The Morgan fingerprint density at radius 3 is 2.67 bits per heavy atom. The average Bonchev–Trinajstić information content (AvgIpc) is 3.40. The van der Waals surface area contributed by atoms with Gasteiger partial charge < -0.3 is 14.2 Å². The molecule has 3 aliphatic heterocycles. The summed E-state index contributed by atoms with van der Waals surface area (Å²) in [6.07, 6.45) is 5.51. The molecule has 27 heavy (non-hydrogen) atoms. The van der Waals surface area contributed by atoms with Gasteiger partial charge in [-0.25, -0.2) is 4.79 Å². The molecular formula is C20H28N4O3. The van der Waals surface area contributed by atoms with Crippen LogP contribution in [-0.2, 0) is 23.1 Å². The van der Waals surface area contributed by atoms with Crippen molar-refractivity contribution in [3.63, 3.8) is 0 Å². The molecule has 1 aliphatic carbocycles. The van der Waals surface area contributed by atoms with Gasteiger partial charge in [-0.05, 0) is 25.0 Å². The Morgan fingerprint density at radius 2 is 2.00 bits per heavy atom. The van der Waals surface area contributed by atoms with Crippen LogP contribution in [0.25, 0.3) is 0 Å². The number of carbonyl (C=O) groups is 2. The number of hydrogen-bond donors (Lipinski definition) is 0. The molecule has 4 heterocycles. The minimum Gasteiger partial charge on any atom is -0.440 e. The molecule has 146 valence electrons. The fraction of sp³-hybridized carbons (Fsp3) is 0.700. The van der Waals surface area contributed by atoms with Crippen LogP contribution in [0.1, 0.15) is 31.4 Å². The molecule has 0 bridgehead atoms. The summed E-state index contributed by atoms with van der Waals surface area (Å²) in [6, 6.07) is 4.32. The van der Waals surface area contributed by atoms with Gasteiger partial charge in [0.1, 0.15) is 5.60 Å². The summed E-state index contributed by atoms with van der Waals surface area (Å²) in [7, 11) is 2.07. The van der Waals surface area contributed by atoms with Gasteiger partial charge in [0.15, 0.2) is 0 Å². The lowest BCUT2D eigenvalue weighted by Gasteiger charge is -2.45. The van der Waals surface area contributed by atoms with Crippen molar-refractivity contribution in [3.05, 3.63) is 24.0 Å². The van der Waals surface area contributed by atoms with E-state index in [4.69, 9.17) is 4.74 Å². The predicted molar refractivity (Wildman–Crippen MR) is 98.9 cm³/mol. The van der Waals surface area contributed by atoms with Crippen molar-refractivity contribution < 1.29 is 14.3 Å². The lowest BCUT2D eigenvalue weighted by molar-refractivity contribution is -0.137. The second kappa shape index (κ2) is 6.26. The van der Waals surface area contributed by atoms with E-state index in [1.54, 1.807) is 0 Å². The highest BCUT2D eigenvalue weighted by Gasteiger charge is 2.57. The van der Waals surface area contributed by atoms with Crippen LogP contribution in [0.4, 0.5) is 4.79 Å².